The van der Waals surface area contributed by atoms with E-state index >= 15 is 0 Å². The maximum Gasteiger partial charge on any atom is 0.341 e. The number of amides is 1. The van der Waals surface area contributed by atoms with Crippen LogP contribution in [-0.4, -0.2) is 29.6 Å². The van der Waals surface area contributed by atoms with Crippen molar-refractivity contribution in [2.75, 3.05) is 11.9 Å². The van der Waals surface area contributed by atoms with Gasteiger partial charge in [0, 0.05) is 6.42 Å². The van der Waals surface area contributed by atoms with Gasteiger partial charge in [0.1, 0.15) is 5.00 Å². The first-order valence-electron chi connectivity index (χ1n) is 5.30. The third-order valence-corrected chi connectivity index (χ3v) is 2.81. The zero-order chi connectivity index (χ0) is 13.5. The molecule has 0 atom stereocenters. The van der Waals surface area contributed by atoms with Crippen molar-refractivity contribution >= 4 is 34.2 Å². The lowest BCUT2D eigenvalue weighted by molar-refractivity contribution is -0.138. The summed E-state index contributed by atoms with van der Waals surface area (Å²) < 4.78 is 4.83. The van der Waals surface area contributed by atoms with E-state index < -0.39 is 17.8 Å². The van der Waals surface area contributed by atoms with E-state index in [9.17, 15) is 14.4 Å². The second-order valence-corrected chi connectivity index (χ2v) is 4.24. The fraction of sp³-hybridized carbons (Fsp3) is 0.364. The molecule has 6 nitrogen and oxygen atoms in total. The Labute approximate surface area is 108 Å². The third kappa shape index (κ3) is 4.17. The van der Waals surface area contributed by atoms with Crippen molar-refractivity contribution < 1.29 is 24.2 Å². The lowest BCUT2D eigenvalue weighted by Gasteiger charge is -2.05. The van der Waals surface area contributed by atoms with Crippen LogP contribution >= 0.6 is 11.3 Å². The molecule has 0 saturated heterocycles. The van der Waals surface area contributed by atoms with Crippen molar-refractivity contribution in [1.82, 2.24) is 0 Å². The number of nitrogens with one attached hydrogen (secondary N) is 1. The van der Waals surface area contributed by atoms with Gasteiger partial charge in [-0.25, -0.2) is 4.79 Å². The Balaban J connectivity index is 2.62. The summed E-state index contributed by atoms with van der Waals surface area (Å²) in [5.41, 5.74) is 0.283. The fourth-order valence-corrected chi connectivity index (χ4v) is 1.98. The second kappa shape index (κ2) is 6.75. The van der Waals surface area contributed by atoms with E-state index in [4.69, 9.17) is 9.84 Å². The Morgan fingerprint density at radius 3 is 2.72 bits per heavy atom. The van der Waals surface area contributed by atoms with Crippen molar-refractivity contribution in [2.24, 2.45) is 0 Å². The van der Waals surface area contributed by atoms with E-state index in [2.05, 4.69) is 5.32 Å². The number of carboxylic acid groups (broad SMARTS) is 1. The number of ether oxygens (including phenoxy) is 1. The highest BCUT2D eigenvalue weighted by molar-refractivity contribution is 7.14. The normalized spacial score (nSPS) is 9.83. The van der Waals surface area contributed by atoms with Gasteiger partial charge in [-0.05, 0) is 18.4 Å². The average Bonchev–Trinajstić information content (AvgIpc) is 2.75. The van der Waals surface area contributed by atoms with Gasteiger partial charge in [0.15, 0.2) is 0 Å². The van der Waals surface area contributed by atoms with E-state index in [-0.39, 0.29) is 25.0 Å². The molecule has 0 fully saturated rings. The monoisotopic (exact) mass is 271 g/mol. The maximum atomic E-state index is 11.5. The predicted octanol–water partition coefficient (Wildman–Crippen LogP) is 1.73. The van der Waals surface area contributed by atoms with Crippen LogP contribution in [0.4, 0.5) is 5.00 Å². The van der Waals surface area contributed by atoms with Gasteiger partial charge in [0.05, 0.1) is 18.6 Å². The summed E-state index contributed by atoms with van der Waals surface area (Å²) in [6.07, 6.45) is -0.374. The van der Waals surface area contributed by atoms with Crippen LogP contribution in [0.1, 0.15) is 30.1 Å². The van der Waals surface area contributed by atoms with Crippen LogP contribution in [0, 0.1) is 0 Å². The summed E-state index contributed by atoms with van der Waals surface area (Å²) in [5, 5.41) is 13.0. The van der Waals surface area contributed by atoms with E-state index in [1.165, 1.54) is 11.3 Å². The Hall–Kier alpha value is -1.89. The average molecular weight is 271 g/mol. The van der Waals surface area contributed by atoms with Gasteiger partial charge >= 0.3 is 11.9 Å². The van der Waals surface area contributed by atoms with Crippen LogP contribution in [0.3, 0.4) is 0 Å². The summed E-state index contributed by atoms with van der Waals surface area (Å²) in [6.45, 7) is 1.94. The van der Waals surface area contributed by atoms with Gasteiger partial charge in [-0.1, -0.05) is 0 Å². The van der Waals surface area contributed by atoms with Gasteiger partial charge < -0.3 is 15.2 Å². The van der Waals surface area contributed by atoms with Gasteiger partial charge in [0.2, 0.25) is 5.91 Å². The van der Waals surface area contributed by atoms with E-state index in [1.54, 1.807) is 18.4 Å². The summed E-state index contributed by atoms with van der Waals surface area (Å²) >= 11 is 1.19. The summed E-state index contributed by atoms with van der Waals surface area (Å²) in [4.78, 5) is 33.3. The van der Waals surface area contributed by atoms with Crippen LogP contribution in [0.25, 0.3) is 0 Å². The highest BCUT2D eigenvalue weighted by Crippen LogP contribution is 2.24. The molecule has 1 aromatic heterocycles. The topological polar surface area (TPSA) is 92.7 Å². The Morgan fingerprint density at radius 2 is 2.11 bits per heavy atom. The number of aliphatic carboxylic acids is 1. The van der Waals surface area contributed by atoms with Crippen molar-refractivity contribution in [3.05, 3.63) is 17.0 Å². The quantitative estimate of drug-likeness (QED) is 0.768. The third-order valence-electron chi connectivity index (χ3n) is 1.98. The van der Waals surface area contributed by atoms with E-state index in [1.807, 2.05) is 0 Å². The summed E-state index contributed by atoms with van der Waals surface area (Å²) in [6, 6.07) is 1.55. The predicted molar refractivity (Wildman–Crippen MR) is 65.8 cm³/mol. The largest absolute Gasteiger partial charge is 0.481 e. The van der Waals surface area contributed by atoms with Gasteiger partial charge in [0.25, 0.3) is 0 Å². The van der Waals surface area contributed by atoms with Crippen LogP contribution in [-0.2, 0) is 14.3 Å². The van der Waals surface area contributed by atoms with Crippen molar-refractivity contribution in [3.8, 4) is 0 Å². The molecule has 98 valence electrons. The molecular formula is C11H13NO5S. The zero-order valence-corrected chi connectivity index (χ0v) is 10.6. The number of thiophene rings is 1. The Bertz CT molecular complexity index is 454. The lowest BCUT2D eigenvalue weighted by Crippen LogP contribution is -2.15. The number of carbonyl (C=O) groups is 3. The van der Waals surface area contributed by atoms with Crippen LogP contribution in [0.5, 0.6) is 0 Å². The molecule has 0 aliphatic heterocycles. The molecule has 1 amide bonds. The number of anilines is 1. The summed E-state index contributed by atoms with van der Waals surface area (Å²) in [7, 11) is 0. The van der Waals surface area contributed by atoms with E-state index in [0.717, 1.165) is 0 Å². The Morgan fingerprint density at radius 1 is 1.39 bits per heavy atom. The lowest BCUT2D eigenvalue weighted by atomic mass is 10.3. The van der Waals surface area contributed by atoms with Crippen molar-refractivity contribution in [2.45, 2.75) is 19.8 Å². The van der Waals surface area contributed by atoms with Gasteiger partial charge in [-0.15, -0.1) is 11.3 Å². The molecule has 0 aliphatic rings. The van der Waals surface area contributed by atoms with Crippen LogP contribution < -0.4 is 5.32 Å². The minimum atomic E-state index is -1.04. The first kappa shape index (κ1) is 14.2. The molecule has 18 heavy (non-hydrogen) atoms. The first-order chi connectivity index (χ1) is 8.54. The molecule has 1 heterocycles. The summed E-state index contributed by atoms with van der Waals surface area (Å²) in [5.74, 6) is -1.99. The smallest absolute Gasteiger partial charge is 0.341 e. The molecule has 0 aliphatic carbocycles. The molecule has 1 aromatic rings. The molecule has 0 saturated carbocycles. The molecule has 1 rings (SSSR count). The molecule has 0 aromatic carbocycles. The number of hydrogen-bond donors (Lipinski definition) is 2. The fourth-order valence-electron chi connectivity index (χ4n) is 1.19. The zero-order valence-electron chi connectivity index (χ0n) is 9.76. The Kier molecular flexibility index (Phi) is 5.31. The minimum absolute atomic E-state index is 0.129. The number of rotatable bonds is 6. The van der Waals surface area contributed by atoms with Crippen molar-refractivity contribution in [1.29, 1.82) is 0 Å². The van der Waals surface area contributed by atoms with Crippen LogP contribution in [0.2, 0.25) is 0 Å². The maximum absolute atomic E-state index is 11.5. The molecule has 7 heteroatoms. The molecule has 2 N–H and O–H groups in total. The number of hydrogen-bond acceptors (Lipinski definition) is 5. The minimum Gasteiger partial charge on any atom is -0.481 e. The van der Waals surface area contributed by atoms with E-state index in [0.29, 0.717) is 5.00 Å². The molecule has 0 bridgehead atoms. The molecular weight excluding hydrogens is 258 g/mol. The highest BCUT2D eigenvalue weighted by Gasteiger charge is 2.16. The standard InChI is InChI=1S/C11H13NO5S/c1-2-17-11(16)7-5-6-18-10(7)12-8(13)3-4-9(14)15/h5-6H,2-4H2,1H3,(H,12,13)(H,14,15). The second-order valence-electron chi connectivity index (χ2n) is 3.33. The van der Waals surface area contributed by atoms with Crippen molar-refractivity contribution in [3.63, 3.8) is 0 Å². The number of carboxylic acids is 1. The molecule has 0 spiro atoms. The van der Waals surface area contributed by atoms with Crippen LogP contribution in [0.15, 0.2) is 11.4 Å². The molecule has 0 radical (unpaired) electrons. The molecule has 0 unspecified atom stereocenters. The van der Waals surface area contributed by atoms with Gasteiger partial charge in [-0.2, -0.15) is 0 Å². The first-order valence-corrected chi connectivity index (χ1v) is 6.18. The SMILES string of the molecule is CCOC(=O)c1ccsc1NC(=O)CCC(=O)O. The number of carbonyl (C=O) groups excluding carboxylic acids is 2. The highest BCUT2D eigenvalue weighted by atomic mass is 32.1. The number of esters is 1. The van der Waals surface area contributed by atoms with Gasteiger partial charge in [-0.3, -0.25) is 9.59 Å².